The number of ether oxygens (including phenoxy) is 2. The van der Waals surface area contributed by atoms with Crippen molar-refractivity contribution < 1.29 is 19.1 Å². The van der Waals surface area contributed by atoms with E-state index in [1.807, 2.05) is 6.92 Å². The topological polar surface area (TPSA) is 81.9 Å². The van der Waals surface area contributed by atoms with Crippen LogP contribution in [-0.4, -0.2) is 43.6 Å². The number of nitrogen functional groups attached to an aromatic ring is 1. The predicted octanol–water partition coefficient (Wildman–Crippen LogP) is 1.45. The summed E-state index contributed by atoms with van der Waals surface area (Å²) < 4.78 is 10.1. The van der Waals surface area contributed by atoms with Gasteiger partial charge in [0.2, 0.25) is 5.91 Å². The van der Waals surface area contributed by atoms with Gasteiger partial charge in [0.25, 0.3) is 0 Å². The Morgan fingerprint density at radius 3 is 2.71 bits per heavy atom. The molecule has 0 aliphatic rings. The quantitative estimate of drug-likeness (QED) is 0.579. The molecule has 0 fully saturated rings. The molecule has 0 bridgehead atoms. The number of carbonyl (C=O) groups is 2. The number of anilines is 1. The van der Waals surface area contributed by atoms with Crippen LogP contribution >= 0.6 is 0 Å². The summed E-state index contributed by atoms with van der Waals surface area (Å²) in [6.07, 6.45) is 0.977. The lowest BCUT2D eigenvalue weighted by Gasteiger charge is -2.20. The van der Waals surface area contributed by atoms with Crippen molar-refractivity contribution in [1.29, 1.82) is 0 Å². The van der Waals surface area contributed by atoms with E-state index in [4.69, 9.17) is 10.5 Å². The van der Waals surface area contributed by atoms with Gasteiger partial charge in [-0.2, -0.15) is 0 Å². The minimum Gasteiger partial charge on any atom is -0.493 e. The molecule has 1 amide bonds. The summed E-state index contributed by atoms with van der Waals surface area (Å²) in [5, 5.41) is 0. The van der Waals surface area contributed by atoms with Crippen LogP contribution in [-0.2, 0) is 14.3 Å². The molecule has 1 rings (SSSR count). The summed E-state index contributed by atoms with van der Waals surface area (Å²) in [7, 11) is 1.31. The average molecular weight is 294 g/mol. The van der Waals surface area contributed by atoms with E-state index < -0.39 is 5.97 Å². The van der Waals surface area contributed by atoms with Gasteiger partial charge in [-0.05, 0) is 18.6 Å². The van der Waals surface area contributed by atoms with Crippen molar-refractivity contribution >= 4 is 17.6 Å². The first-order valence-corrected chi connectivity index (χ1v) is 6.89. The van der Waals surface area contributed by atoms with Crippen molar-refractivity contribution in [2.45, 2.75) is 19.8 Å². The summed E-state index contributed by atoms with van der Waals surface area (Å²) in [5.74, 6) is 0.0671. The SMILES string of the molecule is CCCN(CC(=O)OC)C(=O)CCOc1cccc(N)c1. The largest absolute Gasteiger partial charge is 0.493 e. The van der Waals surface area contributed by atoms with Gasteiger partial charge in [0.15, 0.2) is 0 Å². The van der Waals surface area contributed by atoms with E-state index in [9.17, 15) is 9.59 Å². The van der Waals surface area contributed by atoms with Crippen LogP contribution in [0, 0.1) is 0 Å². The molecule has 0 unspecified atom stereocenters. The molecule has 1 aromatic carbocycles. The molecule has 0 saturated heterocycles. The first-order chi connectivity index (χ1) is 10.1. The van der Waals surface area contributed by atoms with Crippen molar-refractivity contribution in [2.75, 3.05) is 32.5 Å². The molecule has 0 aliphatic heterocycles. The van der Waals surface area contributed by atoms with Gasteiger partial charge in [-0.25, -0.2) is 0 Å². The molecule has 0 heterocycles. The van der Waals surface area contributed by atoms with Crippen LogP contribution in [0.15, 0.2) is 24.3 Å². The Morgan fingerprint density at radius 1 is 1.33 bits per heavy atom. The van der Waals surface area contributed by atoms with Crippen molar-refractivity contribution in [2.24, 2.45) is 0 Å². The number of nitrogens with two attached hydrogens (primary N) is 1. The lowest BCUT2D eigenvalue weighted by atomic mass is 10.3. The van der Waals surface area contributed by atoms with Gasteiger partial charge in [0.1, 0.15) is 12.3 Å². The first-order valence-electron chi connectivity index (χ1n) is 6.89. The molecule has 6 nitrogen and oxygen atoms in total. The summed E-state index contributed by atoms with van der Waals surface area (Å²) in [4.78, 5) is 24.8. The van der Waals surface area contributed by atoms with Gasteiger partial charge in [0, 0.05) is 18.3 Å². The van der Waals surface area contributed by atoms with E-state index in [1.54, 1.807) is 24.3 Å². The molecule has 0 radical (unpaired) electrons. The zero-order valence-electron chi connectivity index (χ0n) is 12.5. The Bertz CT molecular complexity index is 476. The van der Waals surface area contributed by atoms with Crippen molar-refractivity contribution in [3.05, 3.63) is 24.3 Å². The standard InChI is InChI=1S/C15H22N2O4/c1-3-8-17(11-15(19)20-2)14(18)7-9-21-13-6-4-5-12(16)10-13/h4-6,10H,3,7-9,11,16H2,1-2H3. The number of esters is 1. The number of rotatable bonds is 8. The van der Waals surface area contributed by atoms with Crippen molar-refractivity contribution in [3.8, 4) is 5.75 Å². The Hall–Kier alpha value is -2.24. The predicted molar refractivity (Wildman–Crippen MR) is 79.9 cm³/mol. The number of carbonyl (C=O) groups excluding carboxylic acids is 2. The molecule has 0 aromatic heterocycles. The molecule has 116 valence electrons. The number of methoxy groups -OCH3 is 1. The van der Waals surface area contributed by atoms with E-state index >= 15 is 0 Å². The van der Waals surface area contributed by atoms with Gasteiger partial charge in [-0.3, -0.25) is 9.59 Å². The van der Waals surface area contributed by atoms with Crippen LogP contribution in [0.1, 0.15) is 19.8 Å². The highest BCUT2D eigenvalue weighted by atomic mass is 16.5. The lowest BCUT2D eigenvalue weighted by Crippen LogP contribution is -2.37. The molecule has 0 aliphatic carbocycles. The van der Waals surface area contributed by atoms with E-state index in [0.29, 0.717) is 18.0 Å². The number of hydrogen-bond acceptors (Lipinski definition) is 5. The zero-order valence-corrected chi connectivity index (χ0v) is 12.5. The number of hydrogen-bond donors (Lipinski definition) is 1. The molecular weight excluding hydrogens is 272 g/mol. The number of benzene rings is 1. The molecule has 0 saturated carbocycles. The maximum absolute atomic E-state index is 12.1. The average Bonchev–Trinajstić information content (AvgIpc) is 2.46. The second-order valence-electron chi connectivity index (χ2n) is 4.56. The minimum atomic E-state index is -0.423. The summed E-state index contributed by atoms with van der Waals surface area (Å²) in [6.45, 7) is 2.68. The van der Waals surface area contributed by atoms with Gasteiger partial charge < -0.3 is 20.1 Å². The lowest BCUT2D eigenvalue weighted by molar-refractivity contribution is -0.147. The number of amides is 1. The third-order valence-electron chi connectivity index (χ3n) is 2.84. The Kier molecular flexibility index (Phi) is 7.08. The maximum atomic E-state index is 12.1. The second kappa shape index (κ2) is 8.84. The highest BCUT2D eigenvalue weighted by molar-refractivity contribution is 5.82. The smallest absolute Gasteiger partial charge is 0.325 e. The summed E-state index contributed by atoms with van der Waals surface area (Å²) in [6, 6.07) is 7.02. The molecule has 6 heteroatoms. The second-order valence-corrected chi connectivity index (χ2v) is 4.56. The Balaban J connectivity index is 2.44. The van der Waals surface area contributed by atoms with Crippen LogP contribution in [0.4, 0.5) is 5.69 Å². The van der Waals surface area contributed by atoms with Crippen LogP contribution in [0.3, 0.4) is 0 Å². The van der Waals surface area contributed by atoms with Crippen molar-refractivity contribution in [3.63, 3.8) is 0 Å². The van der Waals surface area contributed by atoms with Crippen molar-refractivity contribution in [1.82, 2.24) is 4.90 Å². The van der Waals surface area contributed by atoms with E-state index in [2.05, 4.69) is 4.74 Å². The van der Waals surface area contributed by atoms with Crippen LogP contribution in [0.5, 0.6) is 5.75 Å². The van der Waals surface area contributed by atoms with Gasteiger partial charge in [-0.1, -0.05) is 13.0 Å². The zero-order chi connectivity index (χ0) is 15.7. The highest BCUT2D eigenvalue weighted by Crippen LogP contribution is 2.14. The molecular formula is C15H22N2O4. The molecule has 0 atom stereocenters. The van der Waals surface area contributed by atoms with E-state index in [0.717, 1.165) is 6.42 Å². The summed E-state index contributed by atoms with van der Waals surface area (Å²) in [5.41, 5.74) is 6.25. The fraction of sp³-hybridized carbons (Fsp3) is 0.467. The third kappa shape index (κ3) is 6.16. The fourth-order valence-corrected chi connectivity index (χ4v) is 1.80. The van der Waals surface area contributed by atoms with E-state index in [1.165, 1.54) is 12.0 Å². The molecule has 2 N–H and O–H groups in total. The first kappa shape index (κ1) is 16.8. The maximum Gasteiger partial charge on any atom is 0.325 e. The Morgan fingerprint density at radius 2 is 2.10 bits per heavy atom. The highest BCUT2D eigenvalue weighted by Gasteiger charge is 2.16. The van der Waals surface area contributed by atoms with E-state index in [-0.39, 0.29) is 25.5 Å². The number of nitrogens with zero attached hydrogens (tertiary/aromatic N) is 1. The van der Waals surface area contributed by atoms with Gasteiger partial charge in [0.05, 0.1) is 20.1 Å². The van der Waals surface area contributed by atoms with Crippen LogP contribution < -0.4 is 10.5 Å². The fourth-order valence-electron chi connectivity index (χ4n) is 1.80. The van der Waals surface area contributed by atoms with Gasteiger partial charge >= 0.3 is 5.97 Å². The summed E-state index contributed by atoms with van der Waals surface area (Å²) >= 11 is 0. The molecule has 21 heavy (non-hydrogen) atoms. The molecule has 0 spiro atoms. The third-order valence-corrected chi connectivity index (χ3v) is 2.84. The molecule has 1 aromatic rings. The van der Waals surface area contributed by atoms with Gasteiger partial charge in [-0.15, -0.1) is 0 Å². The monoisotopic (exact) mass is 294 g/mol. The van der Waals surface area contributed by atoms with Crippen LogP contribution in [0.2, 0.25) is 0 Å². The minimum absolute atomic E-state index is 0.0263. The van der Waals surface area contributed by atoms with Crippen LogP contribution in [0.25, 0.3) is 0 Å². The normalized spacial score (nSPS) is 10.0. The Labute approximate surface area is 124 Å².